The van der Waals surface area contributed by atoms with Gasteiger partial charge in [0.25, 0.3) is 5.56 Å². The summed E-state index contributed by atoms with van der Waals surface area (Å²) in [6, 6.07) is 0. The molecule has 1 aliphatic heterocycles. The third kappa shape index (κ3) is 3.35. The van der Waals surface area contributed by atoms with Crippen LogP contribution in [0.4, 0.5) is 5.95 Å². The molecule has 0 spiro atoms. The largest absolute Gasteiger partial charge is 0.340 e. The van der Waals surface area contributed by atoms with E-state index in [0.29, 0.717) is 5.92 Å². The first-order chi connectivity index (χ1) is 8.97. The van der Waals surface area contributed by atoms with Crippen molar-refractivity contribution >= 4 is 5.95 Å². The van der Waals surface area contributed by atoms with Crippen molar-refractivity contribution < 1.29 is 0 Å². The number of likely N-dealkylation sites (N-methyl/N-ethyl adjacent to an activating group) is 1. The molecule has 0 radical (unpaired) electrons. The van der Waals surface area contributed by atoms with Crippen LogP contribution in [0.1, 0.15) is 25.1 Å². The number of hydrogen-bond donors (Lipinski definition) is 1. The van der Waals surface area contributed by atoms with E-state index in [4.69, 9.17) is 0 Å². The van der Waals surface area contributed by atoms with E-state index in [2.05, 4.69) is 40.7 Å². The first kappa shape index (κ1) is 14.1. The molecule has 0 aliphatic carbocycles. The van der Waals surface area contributed by atoms with Crippen molar-refractivity contribution in [2.75, 3.05) is 38.1 Å². The summed E-state index contributed by atoms with van der Waals surface area (Å²) in [5.74, 6) is 1.19. The third-order valence-electron chi connectivity index (χ3n) is 3.62. The molecular formula is C14H24N4O. The lowest BCUT2D eigenvalue weighted by atomic mass is 10.0. The minimum absolute atomic E-state index is 0.0233. The van der Waals surface area contributed by atoms with Gasteiger partial charge in [0.1, 0.15) is 0 Å². The maximum atomic E-state index is 12.2. The van der Waals surface area contributed by atoms with Crippen LogP contribution in [-0.2, 0) is 6.42 Å². The first-order valence-electron chi connectivity index (χ1n) is 7.00. The minimum Gasteiger partial charge on any atom is -0.340 e. The molecule has 1 aromatic rings. The van der Waals surface area contributed by atoms with Gasteiger partial charge in [0.05, 0.1) is 0 Å². The lowest BCUT2D eigenvalue weighted by Crippen LogP contribution is -2.45. The molecule has 0 amide bonds. The van der Waals surface area contributed by atoms with Gasteiger partial charge in [0, 0.05) is 37.4 Å². The van der Waals surface area contributed by atoms with E-state index in [0.717, 1.165) is 49.8 Å². The molecule has 0 bridgehead atoms. The summed E-state index contributed by atoms with van der Waals surface area (Å²) >= 11 is 0. The monoisotopic (exact) mass is 264 g/mol. The topological polar surface area (TPSA) is 52.2 Å². The molecule has 5 heteroatoms. The van der Waals surface area contributed by atoms with Crippen LogP contribution in [0.15, 0.2) is 4.79 Å². The summed E-state index contributed by atoms with van der Waals surface area (Å²) in [5.41, 5.74) is 1.72. The molecule has 1 aromatic heterocycles. The fraction of sp³-hybridized carbons (Fsp3) is 0.714. The minimum atomic E-state index is 0.0233. The molecule has 1 N–H and O–H groups in total. The average molecular weight is 264 g/mol. The van der Waals surface area contributed by atoms with E-state index in [1.54, 1.807) is 0 Å². The van der Waals surface area contributed by atoms with Gasteiger partial charge in [-0.15, -0.1) is 0 Å². The molecule has 0 unspecified atom stereocenters. The van der Waals surface area contributed by atoms with Crippen molar-refractivity contribution in [3.63, 3.8) is 0 Å². The Hall–Kier alpha value is -1.36. The molecule has 1 aliphatic rings. The molecule has 0 saturated carbocycles. The number of hydrogen-bond acceptors (Lipinski definition) is 4. The molecule has 19 heavy (non-hydrogen) atoms. The van der Waals surface area contributed by atoms with Gasteiger partial charge in [0.2, 0.25) is 5.95 Å². The van der Waals surface area contributed by atoms with Crippen LogP contribution in [0.2, 0.25) is 0 Å². The highest BCUT2D eigenvalue weighted by molar-refractivity contribution is 5.33. The van der Waals surface area contributed by atoms with E-state index >= 15 is 0 Å². The molecule has 1 fully saturated rings. The Morgan fingerprint density at radius 2 is 1.89 bits per heavy atom. The van der Waals surface area contributed by atoms with Gasteiger partial charge in [-0.3, -0.25) is 9.78 Å². The lowest BCUT2D eigenvalue weighted by molar-refractivity contribution is 0.311. The number of rotatable bonds is 3. The predicted molar refractivity (Wildman–Crippen MR) is 77.8 cm³/mol. The second kappa shape index (κ2) is 5.74. The predicted octanol–water partition coefficient (Wildman–Crippen LogP) is 1.03. The second-order valence-electron chi connectivity index (χ2n) is 5.84. The van der Waals surface area contributed by atoms with Crippen molar-refractivity contribution in [3.8, 4) is 0 Å². The third-order valence-corrected chi connectivity index (χ3v) is 3.62. The Balaban J connectivity index is 2.22. The van der Waals surface area contributed by atoms with Crippen LogP contribution in [-0.4, -0.2) is 48.1 Å². The van der Waals surface area contributed by atoms with Gasteiger partial charge < -0.3 is 9.80 Å². The summed E-state index contributed by atoms with van der Waals surface area (Å²) in [6.07, 6.45) is 0.789. The summed E-state index contributed by atoms with van der Waals surface area (Å²) in [5, 5.41) is 0. The van der Waals surface area contributed by atoms with Crippen LogP contribution in [0.3, 0.4) is 0 Å². The quantitative estimate of drug-likeness (QED) is 0.886. The van der Waals surface area contributed by atoms with Gasteiger partial charge in [-0.1, -0.05) is 13.8 Å². The first-order valence-corrected chi connectivity index (χ1v) is 7.00. The van der Waals surface area contributed by atoms with Crippen molar-refractivity contribution in [3.05, 3.63) is 21.6 Å². The highest BCUT2D eigenvalue weighted by atomic mass is 16.1. The summed E-state index contributed by atoms with van der Waals surface area (Å²) < 4.78 is 0. The standard InChI is InChI=1S/C14H24N4O/c1-10(2)9-12-11(3)15-14(16-13(12)19)18-7-5-17(4)6-8-18/h10H,5-9H2,1-4H3,(H,15,16,19). The number of nitrogens with zero attached hydrogens (tertiary/aromatic N) is 3. The van der Waals surface area contributed by atoms with E-state index in [1.807, 2.05) is 6.92 Å². The normalized spacial score (nSPS) is 17.2. The number of piperazine rings is 1. The smallest absolute Gasteiger partial charge is 0.255 e. The molecule has 0 aromatic carbocycles. The van der Waals surface area contributed by atoms with Crippen LogP contribution in [0.5, 0.6) is 0 Å². The van der Waals surface area contributed by atoms with Gasteiger partial charge >= 0.3 is 0 Å². The molecule has 0 atom stereocenters. The van der Waals surface area contributed by atoms with Gasteiger partial charge in [0.15, 0.2) is 0 Å². The Bertz CT molecular complexity index is 487. The Labute approximate surface area is 114 Å². The van der Waals surface area contributed by atoms with Gasteiger partial charge in [-0.25, -0.2) is 4.98 Å². The zero-order valence-corrected chi connectivity index (χ0v) is 12.4. The highest BCUT2D eigenvalue weighted by Crippen LogP contribution is 2.12. The van der Waals surface area contributed by atoms with Crippen LogP contribution >= 0.6 is 0 Å². The summed E-state index contributed by atoms with van der Waals surface area (Å²) in [7, 11) is 2.12. The number of aryl methyl sites for hydroxylation is 1. The lowest BCUT2D eigenvalue weighted by Gasteiger charge is -2.32. The average Bonchev–Trinajstić information content (AvgIpc) is 2.34. The molecular weight excluding hydrogens is 240 g/mol. The molecule has 1 saturated heterocycles. The van der Waals surface area contributed by atoms with Crippen LogP contribution in [0.25, 0.3) is 0 Å². The van der Waals surface area contributed by atoms with Gasteiger partial charge in [-0.2, -0.15) is 0 Å². The van der Waals surface area contributed by atoms with Crippen molar-refractivity contribution in [2.45, 2.75) is 27.2 Å². The number of aromatic nitrogens is 2. The van der Waals surface area contributed by atoms with Crippen molar-refractivity contribution in [1.82, 2.24) is 14.9 Å². The molecule has 2 heterocycles. The molecule has 2 rings (SSSR count). The Morgan fingerprint density at radius 3 is 2.42 bits per heavy atom. The van der Waals surface area contributed by atoms with E-state index in [9.17, 15) is 4.79 Å². The number of aromatic amines is 1. The SMILES string of the molecule is Cc1nc(N2CCN(C)CC2)[nH]c(=O)c1CC(C)C. The number of anilines is 1. The molecule has 106 valence electrons. The summed E-state index contributed by atoms with van der Waals surface area (Å²) in [4.78, 5) is 24.2. The van der Waals surface area contributed by atoms with Crippen molar-refractivity contribution in [2.24, 2.45) is 5.92 Å². The maximum Gasteiger partial charge on any atom is 0.255 e. The second-order valence-corrected chi connectivity index (χ2v) is 5.84. The Morgan fingerprint density at radius 1 is 1.26 bits per heavy atom. The highest BCUT2D eigenvalue weighted by Gasteiger charge is 2.18. The van der Waals surface area contributed by atoms with E-state index < -0.39 is 0 Å². The molecule has 5 nitrogen and oxygen atoms in total. The van der Waals surface area contributed by atoms with Crippen LogP contribution in [0, 0.1) is 12.8 Å². The van der Waals surface area contributed by atoms with Crippen molar-refractivity contribution in [1.29, 1.82) is 0 Å². The zero-order chi connectivity index (χ0) is 14.0. The fourth-order valence-electron chi connectivity index (χ4n) is 2.41. The summed E-state index contributed by atoms with van der Waals surface area (Å²) in [6.45, 7) is 10.0. The van der Waals surface area contributed by atoms with E-state index in [1.165, 1.54) is 0 Å². The number of H-pyrrole nitrogens is 1. The zero-order valence-electron chi connectivity index (χ0n) is 12.4. The maximum absolute atomic E-state index is 12.2. The Kier molecular flexibility index (Phi) is 4.24. The van der Waals surface area contributed by atoms with Crippen LogP contribution < -0.4 is 10.5 Å². The fourth-order valence-corrected chi connectivity index (χ4v) is 2.41. The number of nitrogens with one attached hydrogen (secondary N) is 1. The van der Waals surface area contributed by atoms with Gasteiger partial charge in [-0.05, 0) is 26.3 Å². The van der Waals surface area contributed by atoms with E-state index in [-0.39, 0.29) is 5.56 Å².